The topological polar surface area (TPSA) is 110 Å². The molecular weight excluding hydrogens is 386 g/mol. The Bertz CT molecular complexity index is 860. The number of nitrogens with one attached hydrogen (secondary N) is 2. The lowest BCUT2D eigenvalue weighted by molar-refractivity contribution is -0.144. The molecule has 1 aliphatic heterocycles. The van der Waals surface area contributed by atoms with Crippen LogP contribution in [0.25, 0.3) is 0 Å². The number of hydrogen-bond donors (Lipinski definition) is 2. The van der Waals surface area contributed by atoms with Crippen molar-refractivity contribution >= 4 is 17.8 Å². The van der Waals surface area contributed by atoms with Crippen LogP contribution in [-0.4, -0.2) is 47.6 Å². The van der Waals surface area contributed by atoms with Gasteiger partial charge in [0.1, 0.15) is 6.04 Å². The largest absolute Gasteiger partial charge is 0.464 e. The van der Waals surface area contributed by atoms with Crippen LogP contribution in [0.4, 0.5) is 0 Å². The highest BCUT2D eigenvalue weighted by Gasteiger charge is 2.52. The number of aromatic nitrogens is 1. The first-order chi connectivity index (χ1) is 14.6. The average Bonchev–Trinajstić information content (AvgIpc) is 3.58. The van der Waals surface area contributed by atoms with Crippen LogP contribution in [0.15, 0.2) is 54.9 Å². The molecule has 3 rings (SSSR count). The summed E-state index contributed by atoms with van der Waals surface area (Å²) >= 11 is 0. The summed E-state index contributed by atoms with van der Waals surface area (Å²) in [5.41, 5.74) is 1.96. The van der Waals surface area contributed by atoms with E-state index in [1.54, 1.807) is 31.5 Å². The van der Waals surface area contributed by atoms with Gasteiger partial charge in [-0.05, 0) is 43.0 Å². The lowest BCUT2D eigenvalue weighted by Gasteiger charge is -2.18. The molecular formula is C22H25N3O5. The molecule has 8 nitrogen and oxygen atoms in total. The second kappa shape index (κ2) is 10.5. The Morgan fingerprint density at radius 3 is 2.50 bits per heavy atom. The van der Waals surface area contributed by atoms with Crippen LogP contribution in [0, 0.1) is 0 Å². The highest BCUT2D eigenvalue weighted by molar-refractivity contribution is 5.95. The number of pyridine rings is 1. The van der Waals surface area contributed by atoms with E-state index in [2.05, 4.69) is 15.6 Å². The number of ether oxygens (including phenoxy) is 2. The van der Waals surface area contributed by atoms with Crippen LogP contribution in [0.3, 0.4) is 0 Å². The zero-order chi connectivity index (χ0) is 21.3. The minimum absolute atomic E-state index is 0.212. The molecule has 0 spiro atoms. The molecule has 0 aliphatic carbocycles. The molecule has 2 N–H and O–H groups in total. The number of amides is 2. The van der Waals surface area contributed by atoms with E-state index >= 15 is 0 Å². The number of carbonyl (C=O) groups is 3. The van der Waals surface area contributed by atoms with Gasteiger partial charge in [-0.3, -0.25) is 14.6 Å². The molecule has 3 atom stereocenters. The molecule has 0 bridgehead atoms. The summed E-state index contributed by atoms with van der Waals surface area (Å²) in [4.78, 5) is 40.9. The number of esters is 1. The molecule has 0 unspecified atom stereocenters. The van der Waals surface area contributed by atoms with E-state index in [-0.39, 0.29) is 12.5 Å². The van der Waals surface area contributed by atoms with Gasteiger partial charge in [0, 0.05) is 18.9 Å². The van der Waals surface area contributed by atoms with E-state index in [4.69, 9.17) is 9.47 Å². The second-order valence-corrected chi connectivity index (χ2v) is 6.89. The van der Waals surface area contributed by atoms with Crippen molar-refractivity contribution in [2.24, 2.45) is 0 Å². The molecule has 2 aromatic rings. The van der Waals surface area contributed by atoms with Gasteiger partial charge >= 0.3 is 5.97 Å². The van der Waals surface area contributed by atoms with Gasteiger partial charge in [-0.25, -0.2) is 4.79 Å². The normalized spacial score (nSPS) is 18.2. The molecule has 1 aromatic heterocycles. The summed E-state index contributed by atoms with van der Waals surface area (Å²) < 4.78 is 10.0. The molecule has 8 heteroatoms. The highest BCUT2D eigenvalue weighted by Crippen LogP contribution is 2.24. The monoisotopic (exact) mass is 411 g/mol. The van der Waals surface area contributed by atoms with Gasteiger partial charge in [-0.15, -0.1) is 0 Å². The molecule has 1 aliphatic rings. The Balaban J connectivity index is 1.59. The maximum Gasteiger partial charge on any atom is 0.338 e. The van der Waals surface area contributed by atoms with Crippen LogP contribution in [0.5, 0.6) is 0 Å². The first kappa shape index (κ1) is 21.4. The minimum atomic E-state index is -0.920. The van der Waals surface area contributed by atoms with Gasteiger partial charge in [0.2, 0.25) is 5.91 Å². The fraction of sp³-hybridized carbons (Fsp3) is 0.364. The van der Waals surface area contributed by atoms with Crippen molar-refractivity contribution in [3.05, 3.63) is 66.0 Å². The molecule has 30 heavy (non-hydrogen) atoms. The average molecular weight is 411 g/mol. The van der Waals surface area contributed by atoms with E-state index < -0.39 is 30.1 Å². The Kier molecular flexibility index (Phi) is 7.51. The van der Waals surface area contributed by atoms with Crippen LogP contribution in [0.2, 0.25) is 0 Å². The molecule has 1 saturated heterocycles. The van der Waals surface area contributed by atoms with E-state index in [0.29, 0.717) is 19.4 Å². The third-order valence-corrected chi connectivity index (χ3v) is 4.68. The third kappa shape index (κ3) is 6.12. The molecule has 158 valence electrons. The van der Waals surface area contributed by atoms with Crippen LogP contribution >= 0.6 is 0 Å². The Morgan fingerprint density at radius 2 is 1.80 bits per heavy atom. The summed E-state index contributed by atoms with van der Waals surface area (Å²) in [6, 6.07) is 12.6. The van der Waals surface area contributed by atoms with Gasteiger partial charge < -0.3 is 20.1 Å². The molecule has 2 amide bonds. The van der Waals surface area contributed by atoms with Crippen molar-refractivity contribution in [3.63, 3.8) is 0 Å². The van der Waals surface area contributed by atoms with Gasteiger partial charge in [0.05, 0.1) is 6.61 Å². The number of benzene rings is 1. The first-order valence-corrected chi connectivity index (χ1v) is 9.91. The van der Waals surface area contributed by atoms with Crippen molar-refractivity contribution in [3.8, 4) is 0 Å². The Labute approximate surface area is 175 Å². The van der Waals surface area contributed by atoms with E-state index in [0.717, 1.165) is 11.1 Å². The van der Waals surface area contributed by atoms with Crippen LogP contribution < -0.4 is 10.6 Å². The van der Waals surface area contributed by atoms with E-state index in [1.807, 2.05) is 30.3 Å². The number of hydrogen-bond acceptors (Lipinski definition) is 6. The zero-order valence-corrected chi connectivity index (χ0v) is 16.7. The summed E-state index contributed by atoms with van der Waals surface area (Å²) in [6.07, 6.45) is 2.50. The predicted molar refractivity (Wildman–Crippen MR) is 108 cm³/mol. The maximum atomic E-state index is 12.8. The SMILES string of the molecule is CCOC(=O)[C@H]1O[C@@H]1C(=O)N[C@@H](CCc1ccccc1)C(=O)NCc1ccncc1. The third-order valence-electron chi connectivity index (χ3n) is 4.68. The highest BCUT2D eigenvalue weighted by atomic mass is 16.6. The Morgan fingerprint density at radius 1 is 1.07 bits per heavy atom. The zero-order valence-electron chi connectivity index (χ0n) is 16.7. The summed E-state index contributed by atoms with van der Waals surface area (Å²) in [7, 11) is 0. The number of nitrogens with zero attached hydrogens (tertiary/aromatic N) is 1. The molecule has 0 saturated carbocycles. The Hall–Kier alpha value is -3.26. The predicted octanol–water partition coefficient (Wildman–Crippen LogP) is 1.15. The van der Waals surface area contributed by atoms with Gasteiger partial charge in [-0.2, -0.15) is 0 Å². The molecule has 2 heterocycles. The number of rotatable bonds is 10. The fourth-order valence-electron chi connectivity index (χ4n) is 3.01. The maximum absolute atomic E-state index is 12.8. The summed E-state index contributed by atoms with van der Waals surface area (Å²) in [5, 5.41) is 5.56. The van der Waals surface area contributed by atoms with Crippen molar-refractivity contribution in [1.82, 2.24) is 15.6 Å². The van der Waals surface area contributed by atoms with E-state index in [1.165, 1.54) is 0 Å². The van der Waals surface area contributed by atoms with Gasteiger partial charge in [0.25, 0.3) is 5.91 Å². The minimum Gasteiger partial charge on any atom is -0.464 e. The smallest absolute Gasteiger partial charge is 0.338 e. The first-order valence-electron chi connectivity index (χ1n) is 9.91. The summed E-state index contributed by atoms with van der Waals surface area (Å²) in [5.74, 6) is -1.37. The number of aryl methyl sites for hydroxylation is 1. The van der Waals surface area contributed by atoms with Gasteiger partial charge in [0.15, 0.2) is 12.2 Å². The van der Waals surface area contributed by atoms with Crippen molar-refractivity contribution in [2.75, 3.05) is 6.61 Å². The quantitative estimate of drug-likeness (QED) is 0.448. The van der Waals surface area contributed by atoms with Crippen LogP contribution in [0.1, 0.15) is 24.5 Å². The van der Waals surface area contributed by atoms with Crippen molar-refractivity contribution in [2.45, 2.75) is 44.6 Å². The molecule has 0 radical (unpaired) electrons. The lowest BCUT2D eigenvalue weighted by Crippen LogP contribution is -2.48. The van der Waals surface area contributed by atoms with E-state index in [9.17, 15) is 14.4 Å². The molecule has 1 aromatic carbocycles. The fourth-order valence-corrected chi connectivity index (χ4v) is 3.01. The van der Waals surface area contributed by atoms with Crippen molar-refractivity contribution in [1.29, 1.82) is 0 Å². The second-order valence-electron chi connectivity index (χ2n) is 6.89. The molecule has 1 fully saturated rings. The number of carbonyl (C=O) groups excluding carboxylic acids is 3. The van der Waals surface area contributed by atoms with Gasteiger partial charge in [-0.1, -0.05) is 30.3 Å². The lowest BCUT2D eigenvalue weighted by atomic mass is 10.0. The number of epoxide rings is 1. The van der Waals surface area contributed by atoms with Crippen LogP contribution in [-0.2, 0) is 36.8 Å². The summed E-state index contributed by atoms with van der Waals surface area (Å²) in [6.45, 7) is 2.22. The van der Waals surface area contributed by atoms with Crippen molar-refractivity contribution < 1.29 is 23.9 Å². The standard InChI is InChI=1S/C22H25N3O5/c1-2-29-22(28)19-18(30-19)21(27)25-17(9-8-15-6-4-3-5-7-15)20(26)24-14-16-10-12-23-13-11-16/h3-7,10-13,17-19H,2,8-9,14H2,1H3,(H,24,26)(H,25,27)/t17-,18-,19-/m0/s1.